The molecule has 1 aliphatic heterocycles. The number of nitrogens with one attached hydrogen (secondary N) is 1. The van der Waals surface area contributed by atoms with Gasteiger partial charge in [0.25, 0.3) is 0 Å². The Morgan fingerprint density at radius 2 is 1.91 bits per heavy atom. The number of benzene rings is 1. The molecule has 0 atom stereocenters. The molecule has 1 aromatic heterocycles. The number of rotatable bonds is 3. The molecule has 2 heterocycles. The molecule has 0 bridgehead atoms. The Balaban J connectivity index is 1.85. The zero-order valence-electron chi connectivity index (χ0n) is 12.4. The number of hydrogen-bond donors (Lipinski definition) is 0. The molecule has 0 radical (unpaired) electrons. The van der Waals surface area contributed by atoms with Gasteiger partial charge in [0, 0.05) is 43.3 Å². The topological polar surface area (TPSA) is 54.8 Å². The van der Waals surface area contributed by atoms with Crippen molar-refractivity contribution in [1.29, 1.82) is 0 Å². The number of anilines is 1. The van der Waals surface area contributed by atoms with Crippen LogP contribution in [0.1, 0.15) is 6.92 Å². The molecule has 1 saturated heterocycles. The third kappa shape index (κ3) is 2.91. The van der Waals surface area contributed by atoms with E-state index in [0.717, 1.165) is 16.6 Å². The maximum absolute atomic E-state index is 11.9. The van der Waals surface area contributed by atoms with E-state index in [-0.39, 0.29) is 5.75 Å². The minimum atomic E-state index is -3.09. The first kappa shape index (κ1) is 15.5. The molecule has 1 aromatic carbocycles. The van der Waals surface area contributed by atoms with Gasteiger partial charge >= 0.3 is 0 Å². The molecule has 7 heteroatoms. The number of sulfonamides is 1. The predicted octanol–water partition coefficient (Wildman–Crippen LogP) is 1.78. The van der Waals surface area contributed by atoms with Crippen LogP contribution in [0.25, 0.3) is 10.9 Å². The Hall–Kier alpha value is -1.37. The highest BCUT2D eigenvalue weighted by atomic mass is 35.5. The van der Waals surface area contributed by atoms with Gasteiger partial charge in [0.15, 0.2) is 6.20 Å². The number of hydrogen-bond acceptors (Lipinski definition) is 3. The predicted molar refractivity (Wildman–Crippen MR) is 88.8 cm³/mol. The van der Waals surface area contributed by atoms with E-state index in [1.54, 1.807) is 11.2 Å². The van der Waals surface area contributed by atoms with Gasteiger partial charge in [-0.25, -0.2) is 13.4 Å². The van der Waals surface area contributed by atoms with Gasteiger partial charge in [0.2, 0.25) is 15.5 Å². The molecule has 0 spiro atoms. The van der Waals surface area contributed by atoms with Crippen LogP contribution in [0.5, 0.6) is 0 Å². The van der Waals surface area contributed by atoms with E-state index in [9.17, 15) is 8.42 Å². The summed E-state index contributed by atoms with van der Waals surface area (Å²) < 4.78 is 25.5. The van der Waals surface area contributed by atoms with Crippen molar-refractivity contribution in [2.24, 2.45) is 0 Å². The Labute approximate surface area is 135 Å². The van der Waals surface area contributed by atoms with Crippen molar-refractivity contribution in [1.82, 2.24) is 4.31 Å². The summed E-state index contributed by atoms with van der Waals surface area (Å²) in [5.74, 6) is 0.161. The van der Waals surface area contributed by atoms with Crippen LogP contribution in [-0.4, -0.2) is 44.7 Å². The van der Waals surface area contributed by atoms with Crippen molar-refractivity contribution in [2.75, 3.05) is 36.8 Å². The summed E-state index contributed by atoms with van der Waals surface area (Å²) >= 11 is 6.04. The Kier molecular flexibility index (Phi) is 4.25. The van der Waals surface area contributed by atoms with Crippen LogP contribution >= 0.6 is 11.6 Å². The van der Waals surface area contributed by atoms with Crippen LogP contribution in [0, 0.1) is 0 Å². The standard InChI is InChI=1S/C15H18ClN3O2S/c1-2-22(20,21)19-9-7-18(8-10-19)15-5-6-17-14-11-12(16)3-4-13(14)15/h3-6,11H,2,7-10H2,1H3/p+1. The lowest BCUT2D eigenvalue weighted by Gasteiger charge is -2.35. The fourth-order valence-corrected chi connectivity index (χ4v) is 4.08. The number of aromatic nitrogens is 1. The van der Waals surface area contributed by atoms with Crippen molar-refractivity contribution >= 4 is 38.2 Å². The lowest BCUT2D eigenvalue weighted by molar-refractivity contribution is -0.344. The molecule has 2 aromatic rings. The largest absolute Gasteiger partial charge is 0.368 e. The lowest BCUT2D eigenvalue weighted by Crippen LogP contribution is -2.49. The van der Waals surface area contributed by atoms with E-state index < -0.39 is 10.0 Å². The number of fused-ring (bicyclic) bond motifs is 1. The Morgan fingerprint density at radius 1 is 1.18 bits per heavy atom. The molecule has 1 fully saturated rings. The SMILES string of the molecule is CCS(=O)(=O)N1CCN(c2cc[nH+]c3cc(Cl)ccc23)CC1. The Bertz CT molecular complexity index is 786. The van der Waals surface area contributed by atoms with E-state index in [4.69, 9.17) is 11.6 Å². The van der Waals surface area contributed by atoms with Gasteiger partial charge in [0.1, 0.15) is 0 Å². The quantitative estimate of drug-likeness (QED) is 0.855. The number of aromatic amines is 1. The summed E-state index contributed by atoms with van der Waals surface area (Å²) in [5.41, 5.74) is 2.09. The van der Waals surface area contributed by atoms with Crippen LogP contribution in [0.2, 0.25) is 5.02 Å². The highest BCUT2D eigenvalue weighted by Crippen LogP contribution is 2.27. The highest BCUT2D eigenvalue weighted by molar-refractivity contribution is 7.89. The van der Waals surface area contributed by atoms with E-state index >= 15 is 0 Å². The maximum Gasteiger partial charge on any atom is 0.214 e. The molecular formula is C15H19ClN3O2S+. The van der Waals surface area contributed by atoms with E-state index in [1.807, 2.05) is 30.5 Å². The van der Waals surface area contributed by atoms with Gasteiger partial charge in [-0.1, -0.05) is 11.6 Å². The summed E-state index contributed by atoms with van der Waals surface area (Å²) in [5, 5.41) is 1.79. The normalized spacial score (nSPS) is 17.1. The summed E-state index contributed by atoms with van der Waals surface area (Å²) in [6, 6.07) is 7.80. The summed E-state index contributed by atoms with van der Waals surface area (Å²) in [4.78, 5) is 5.42. The molecule has 0 saturated carbocycles. The maximum atomic E-state index is 11.9. The molecule has 1 aliphatic rings. The third-order valence-electron chi connectivity index (χ3n) is 4.08. The molecule has 0 aliphatic carbocycles. The number of pyridine rings is 1. The van der Waals surface area contributed by atoms with Gasteiger partial charge in [-0.05, 0) is 19.1 Å². The van der Waals surface area contributed by atoms with Crippen LogP contribution in [0.4, 0.5) is 5.69 Å². The van der Waals surface area contributed by atoms with Crippen LogP contribution in [0.3, 0.4) is 0 Å². The molecule has 0 unspecified atom stereocenters. The van der Waals surface area contributed by atoms with E-state index in [1.165, 1.54) is 0 Å². The summed E-state index contributed by atoms with van der Waals surface area (Å²) in [6.07, 6.45) is 1.89. The molecule has 118 valence electrons. The number of halogens is 1. The van der Waals surface area contributed by atoms with Crippen molar-refractivity contribution in [3.8, 4) is 0 Å². The summed E-state index contributed by atoms with van der Waals surface area (Å²) in [6.45, 7) is 4.14. The van der Waals surface area contributed by atoms with Gasteiger partial charge in [-0.2, -0.15) is 4.31 Å². The smallest absolute Gasteiger partial charge is 0.214 e. The molecule has 1 N–H and O–H groups in total. The second-order valence-electron chi connectivity index (χ2n) is 5.34. The lowest BCUT2D eigenvalue weighted by atomic mass is 10.1. The van der Waals surface area contributed by atoms with Crippen molar-refractivity contribution in [3.05, 3.63) is 35.5 Å². The average molecular weight is 341 g/mol. The van der Waals surface area contributed by atoms with E-state index in [0.29, 0.717) is 31.2 Å². The molecule has 0 amide bonds. The second kappa shape index (κ2) is 6.02. The number of nitrogens with zero attached hydrogens (tertiary/aromatic N) is 2. The van der Waals surface area contributed by atoms with Gasteiger partial charge in [0.05, 0.1) is 16.8 Å². The van der Waals surface area contributed by atoms with Crippen LogP contribution < -0.4 is 9.88 Å². The van der Waals surface area contributed by atoms with Gasteiger partial charge in [-0.15, -0.1) is 0 Å². The fraction of sp³-hybridized carbons (Fsp3) is 0.400. The monoisotopic (exact) mass is 340 g/mol. The third-order valence-corrected chi connectivity index (χ3v) is 6.19. The first-order valence-corrected chi connectivity index (χ1v) is 9.33. The average Bonchev–Trinajstić information content (AvgIpc) is 2.54. The zero-order chi connectivity index (χ0) is 15.7. The van der Waals surface area contributed by atoms with Crippen molar-refractivity contribution in [3.63, 3.8) is 0 Å². The summed E-state index contributed by atoms with van der Waals surface area (Å²) in [7, 11) is -3.09. The first-order valence-electron chi connectivity index (χ1n) is 7.34. The van der Waals surface area contributed by atoms with E-state index in [2.05, 4.69) is 9.88 Å². The van der Waals surface area contributed by atoms with Crippen molar-refractivity contribution in [2.45, 2.75) is 6.92 Å². The minimum Gasteiger partial charge on any atom is -0.368 e. The number of H-pyrrole nitrogens is 1. The van der Waals surface area contributed by atoms with Crippen molar-refractivity contribution < 1.29 is 13.4 Å². The van der Waals surface area contributed by atoms with Crippen LogP contribution in [0.15, 0.2) is 30.5 Å². The number of piperazine rings is 1. The minimum absolute atomic E-state index is 0.161. The zero-order valence-corrected chi connectivity index (χ0v) is 14.0. The molecule has 5 nitrogen and oxygen atoms in total. The molecular weight excluding hydrogens is 322 g/mol. The molecule has 22 heavy (non-hydrogen) atoms. The first-order chi connectivity index (χ1) is 10.5. The van der Waals surface area contributed by atoms with Gasteiger partial charge in [-0.3, -0.25) is 0 Å². The molecule has 3 rings (SSSR count). The second-order valence-corrected chi connectivity index (χ2v) is 8.03. The fourth-order valence-electron chi connectivity index (χ4n) is 2.82. The van der Waals surface area contributed by atoms with Gasteiger partial charge < -0.3 is 4.90 Å². The Morgan fingerprint density at radius 3 is 2.59 bits per heavy atom. The highest BCUT2D eigenvalue weighted by Gasteiger charge is 2.26. The van der Waals surface area contributed by atoms with Crippen LogP contribution in [-0.2, 0) is 10.0 Å².